The molecule has 6 heteroatoms. The summed E-state index contributed by atoms with van der Waals surface area (Å²) in [6, 6.07) is 3.62. The summed E-state index contributed by atoms with van der Waals surface area (Å²) < 4.78 is 40.4. The lowest BCUT2D eigenvalue weighted by atomic mass is 10.0. The number of benzene rings is 1. The van der Waals surface area contributed by atoms with Gasteiger partial charge in [-0.1, -0.05) is 12.5 Å². The summed E-state index contributed by atoms with van der Waals surface area (Å²) in [7, 11) is -3.91. The van der Waals surface area contributed by atoms with Gasteiger partial charge in [0.15, 0.2) is 0 Å². The molecule has 0 saturated carbocycles. The van der Waals surface area contributed by atoms with Crippen LogP contribution in [0.2, 0.25) is 0 Å². The largest absolute Gasteiger partial charge is 0.392 e. The number of aryl methyl sites for hydroxylation is 1. The van der Waals surface area contributed by atoms with Crippen LogP contribution in [0.4, 0.5) is 4.39 Å². The van der Waals surface area contributed by atoms with Gasteiger partial charge in [0.25, 0.3) is 0 Å². The summed E-state index contributed by atoms with van der Waals surface area (Å²) in [6.07, 6.45) is 1.44. The fourth-order valence-corrected chi connectivity index (χ4v) is 4.46. The molecule has 1 aliphatic heterocycles. The van der Waals surface area contributed by atoms with Crippen molar-refractivity contribution in [1.29, 1.82) is 0 Å². The van der Waals surface area contributed by atoms with E-state index in [1.807, 2.05) is 0 Å². The number of aliphatic hydroxyl groups excluding tert-OH is 1. The van der Waals surface area contributed by atoms with Gasteiger partial charge in [0.2, 0.25) is 10.0 Å². The first kappa shape index (κ1) is 15.4. The second-order valence-electron chi connectivity index (χ2n) is 5.35. The highest BCUT2D eigenvalue weighted by Crippen LogP contribution is 2.28. The van der Waals surface area contributed by atoms with Gasteiger partial charge in [-0.25, -0.2) is 12.8 Å². The van der Waals surface area contributed by atoms with Crippen LogP contribution in [0.1, 0.15) is 31.7 Å². The van der Waals surface area contributed by atoms with Crippen LogP contribution in [0.3, 0.4) is 0 Å². The van der Waals surface area contributed by atoms with Gasteiger partial charge in [-0.15, -0.1) is 0 Å². The second kappa shape index (κ2) is 5.79. The average Bonchev–Trinajstić information content (AvgIpc) is 2.38. The minimum Gasteiger partial charge on any atom is -0.392 e. The van der Waals surface area contributed by atoms with Crippen molar-refractivity contribution in [3.63, 3.8) is 0 Å². The Balaban J connectivity index is 2.42. The van der Waals surface area contributed by atoms with Crippen molar-refractivity contribution < 1.29 is 17.9 Å². The van der Waals surface area contributed by atoms with E-state index in [4.69, 9.17) is 0 Å². The standard InChI is InChI=1S/C14H20FNO3S/c1-10-6-7-14(12(15)9-10)20(18,19)16-8-4-3-5-13(16)11(2)17/h6-7,9,11,13,17H,3-5,8H2,1-2H3/t11-,13-/m0/s1. The molecule has 0 radical (unpaired) electrons. The highest BCUT2D eigenvalue weighted by atomic mass is 32.2. The van der Waals surface area contributed by atoms with E-state index >= 15 is 0 Å². The fraction of sp³-hybridized carbons (Fsp3) is 0.571. The zero-order valence-electron chi connectivity index (χ0n) is 11.7. The molecule has 1 N–H and O–H groups in total. The van der Waals surface area contributed by atoms with Crippen molar-refractivity contribution in [3.8, 4) is 0 Å². The highest BCUT2D eigenvalue weighted by Gasteiger charge is 2.37. The van der Waals surface area contributed by atoms with E-state index < -0.39 is 28.0 Å². The fourth-order valence-electron chi connectivity index (χ4n) is 2.65. The molecular formula is C14H20FNO3S. The molecule has 0 aliphatic carbocycles. The molecule has 0 amide bonds. The zero-order chi connectivity index (χ0) is 14.9. The molecule has 4 nitrogen and oxygen atoms in total. The highest BCUT2D eigenvalue weighted by molar-refractivity contribution is 7.89. The van der Waals surface area contributed by atoms with Crippen molar-refractivity contribution in [1.82, 2.24) is 4.31 Å². The van der Waals surface area contributed by atoms with Crippen molar-refractivity contribution >= 4 is 10.0 Å². The molecule has 0 bridgehead atoms. The summed E-state index contributed by atoms with van der Waals surface area (Å²) in [6.45, 7) is 3.61. The number of nitrogens with zero attached hydrogens (tertiary/aromatic N) is 1. The molecule has 1 saturated heterocycles. The van der Waals surface area contributed by atoms with Gasteiger partial charge in [0, 0.05) is 6.54 Å². The number of piperidine rings is 1. The molecular weight excluding hydrogens is 281 g/mol. The molecule has 1 aromatic carbocycles. The molecule has 1 fully saturated rings. The minimum absolute atomic E-state index is 0.310. The van der Waals surface area contributed by atoms with Crippen molar-refractivity contribution in [2.45, 2.75) is 50.2 Å². The van der Waals surface area contributed by atoms with Gasteiger partial charge in [-0.2, -0.15) is 4.31 Å². The van der Waals surface area contributed by atoms with Gasteiger partial charge in [-0.3, -0.25) is 0 Å². The van der Waals surface area contributed by atoms with E-state index in [2.05, 4.69) is 0 Å². The van der Waals surface area contributed by atoms with Crippen LogP contribution >= 0.6 is 0 Å². The minimum atomic E-state index is -3.91. The predicted octanol–water partition coefficient (Wildman–Crippen LogP) is 2.06. The first-order chi connectivity index (χ1) is 9.34. The summed E-state index contributed by atoms with van der Waals surface area (Å²) in [5.41, 5.74) is 0.673. The maximum atomic E-state index is 14.0. The lowest BCUT2D eigenvalue weighted by molar-refractivity contribution is 0.0830. The van der Waals surface area contributed by atoms with Gasteiger partial charge < -0.3 is 5.11 Å². The molecule has 0 spiro atoms. The Morgan fingerprint density at radius 2 is 2.10 bits per heavy atom. The number of rotatable bonds is 3. The third-order valence-corrected chi connectivity index (χ3v) is 5.69. The van der Waals surface area contributed by atoms with Gasteiger partial charge >= 0.3 is 0 Å². The average molecular weight is 301 g/mol. The first-order valence-electron chi connectivity index (χ1n) is 6.80. The van der Waals surface area contributed by atoms with Crippen LogP contribution in [0.5, 0.6) is 0 Å². The molecule has 1 heterocycles. The smallest absolute Gasteiger partial charge is 0.246 e. The van der Waals surface area contributed by atoms with E-state index in [1.54, 1.807) is 19.9 Å². The topological polar surface area (TPSA) is 57.6 Å². The molecule has 1 aromatic rings. The van der Waals surface area contributed by atoms with Crippen LogP contribution < -0.4 is 0 Å². The van der Waals surface area contributed by atoms with E-state index in [1.165, 1.54) is 16.4 Å². The lowest BCUT2D eigenvalue weighted by Gasteiger charge is -2.36. The molecule has 2 rings (SSSR count). The van der Waals surface area contributed by atoms with Gasteiger partial charge in [0.1, 0.15) is 10.7 Å². The maximum absolute atomic E-state index is 14.0. The third-order valence-electron chi connectivity index (χ3n) is 3.73. The second-order valence-corrected chi connectivity index (χ2v) is 7.21. The van der Waals surface area contributed by atoms with Gasteiger partial charge in [0.05, 0.1) is 12.1 Å². The van der Waals surface area contributed by atoms with E-state index in [0.29, 0.717) is 18.5 Å². The number of sulfonamides is 1. The van der Waals surface area contributed by atoms with Crippen molar-refractivity contribution in [3.05, 3.63) is 29.6 Å². The third kappa shape index (κ3) is 2.87. The van der Waals surface area contributed by atoms with Crippen LogP contribution in [-0.4, -0.2) is 36.5 Å². The zero-order valence-corrected chi connectivity index (χ0v) is 12.5. The number of hydrogen-bond acceptors (Lipinski definition) is 3. The lowest BCUT2D eigenvalue weighted by Crippen LogP contribution is -2.48. The van der Waals surface area contributed by atoms with Gasteiger partial charge in [-0.05, 0) is 44.4 Å². The molecule has 20 heavy (non-hydrogen) atoms. The Kier molecular flexibility index (Phi) is 4.46. The molecule has 1 aliphatic rings. The first-order valence-corrected chi connectivity index (χ1v) is 8.24. The van der Waals surface area contributed by atoms with E-state index in [9.17, 15) is 17.9 Å². The summed E-state index contributed by atoms with van der Waals surface area (Å²) in [5, 5.41) is 9.77. The molecule has 0 unspecified atom stereocenters. The molecule has 0 aromatic heterocycles. The maximum Gasteiger partial charge on any atom is 0.246 e. The normalized spacial score (nSPS) is 22.7. The monoisotopic (exact) mass is 301 g/mol. The number of hydrogen-bond donors (Lipinski definition) is 1. The number of halogens is 1. The Bertz CT molecular complexity index is 586. The van der Waals surface area contributed by atoms with E-state index in [-0.39, 0.29) is 4.90 Å². The van der Waals surface area contributed by atoms with Crippen LogP contribution in [0.25, 0.3) is 0 Å². The quantitative estimate of drug-likeness (QED) is 0.929. The Hall–Kier alpha value is -0.980. The van der Waals surface area contributed by atoms with Crippen LogP contribution in [-0.2, 0) is 10.0 Å². The van der Waals surface area contributed by atoms with Crippen molar-refractivity contribution in [2.24, 2.45) is 0 Å². The summed E-state index contributed by atoms with van der Waals surface area (Å²) in [4.78, 5) is -0.310. The van der Waals surface area contributed by atoms with Crippen molar-refractivity contribution in [2.75, 3.05) is 6.54 Å². The SMILES string of the molecule is Cc1ccc(S(=O)(=O)N2CCCC[C@H]2[C@H](C)O)c(F)c1. The summed E-state index contributed by atoms with van der Waals surface area (Å²) in [5.74, 6) is -0.736. The molecule has 112 valence electrons. The van der Waals surface area contributed by atoms with Crippen LogP contribution in [0.15, 0.2) is 23.1 Å². The Morgan fingerprint density at radius 3 is 2.70 bits per heavy atom. The Labute approximate surface area is 119 Å². The summed E-state index contributed by atoms with van der Waals surface area (Å²) >= 11 is 0. The predicted molar refractivity (Wildman–Crippen MR) is 74.3 cm³/mol. The Morgan fingerprint density at radius 1 is 1.40 bits per heavy atom. The van der Waals surface area contributed by atoms with Crippen LogP contribution in [0, 0.1) is 12.7 Å². The van der Waals surface area contributed by atoms with E-state index in [0.717, 1.165) is 12.8 Å². The number of aliphatic hydroxyl groups is 1. The molecule has 2 atom stereocenters.